The molecule has 134 valence electrons. The molecule has 1 aliphatic rings. The van der Waals surface area contributed by atoms with Crippen LogP contribution in [0.3, 0.4) is 0 Å². The molecular weight excluding hydrogens is 342 g/mol. The number of aliphatic hydroxyl groups is 1. The fourth-order valence-electron chi connectivity index (χ4n) is 3.35. The number of ether oxygens (including phenoxy) is 1. The molecule has 2 aromatic rings. The number of nitrogens with one attached hydrogen (secondary N) is 1. The molecule has 1 aliphatic heterocycles. The number of methoxy groups -OCH3 is 1. The van der Waals surface area contributed by atoms with E-state index in [9.17, 15) is 9.90 Å². The maximum absolute atomic E-state index is 11.9. The van der Waals surface area contributed by atoms with Crippen molar-refractivity contribution < 1.29 is 19.5 Å². The highest BCUT2D eigenvalue weighted by Gasteiger charge is 2.41. The van der Waals surface area contributed by atoms with Gasteiger partial charge in [0, 0.05) is 6.42 Å². The number of tetrazole rings is 1. The fourth-order valence-corrected chi connectivity index (χ4v) is 3.59. The van der Waals surface area contributed by atoms with Crippen LogP contribution in [0.1, 0.15) is 17.5 Å². The van der Waals surface area contributed by atoms with E-state index in [1.54, 1.807) is 9.36 Å². The second-order valence-corrected chi connectivity index (χ2v) is 6.87. The summed E-state index contributed by atoms with van der Waals surface area (Å²) >= 11 is 5.50. The van der Waals surface area contributed by atoms with Gasteiger partial charge < -0.3 is 14.7 Å². The Hall–Kier alpha value is -2.10. The summed E-state index contributed by atoms with van der Waals surface area (Å²) in [5, 5.41) is 18.2. The largest absolute Gasteiger partial charge is 0.465 e. The van der Waals surface area contributed by atoms with Gasteiger partial charge in [0.2, 0.25) is 4.77 Å². The number of hydrogen-bond donors (Lipinski definition) is 2. The number of aromatic nitrogens is 4. The van der Waals surface area contributed by atoms with Crippen molar-refractivity contribution in [3.8, 4) is 5.69 Å². The lowest BCUT2D eigenvalue weighted by Crippen LogP contribution is -3.14. The molecule has 2 heterocycles. The number of nitrogens with zero attached hydrogens (tertiary/aromatic N) is 4. The van der Waals surface area contributed by atoms with Crippen molar-refractivity contribution >= 4 is 18.2 Å². The van der Waals surface area contributed by atoms with Crippen LogP contribution in [0.2, 0.25) is 0 Å². The Labute approximate surface area is 150 Å². The van der Waals surface area contributed by atoms with Gasteiger partial charge in [0.25, 0.3) is 0 Å². The molecule has 3 rings (SSSR count). The number of rotatable bonds is 4. The highest BCUT2D eigenvalue weighted by molar-refractivity contribution is 7.71. The summed E-state index contributed by atoms with van der Waals surface area (Å²) in [6.45, 7) is 4.82. The van der Waals surface area contributed by atoms with Crippen molar-refractivity contribution in [2.75, 3.05) is 13.7 Å². The first-order valence-electron chi connectivity index (χ1n) is 8.11. The topological polar surface area (TPSA) is 86.6 Å². The number of quaternary nitrogens is 1. The number of carbonyl (C=O) groups is 1. The molecule has 3 atom stereocenters. The van der Waals surface area contributed by atoms with Crippen LogP contribution in [0.4, 0.5) is 0 Å². The highest BCUT2D eigenvalue weighted by atomic mass is 32.1. The third-order valence-corrected chi connectivity index (χ3v) is 4.81. The monoisotopic (exact) mass is 364 g/mol. The Morgan fingerprint density at radius 3 is 2.68 bits per heavy atom. The number of hydrogen-bond acceptors (Lipinski definition) is 6. The first-order valence-corrected chi connectivity index (χ1v) is 8.52. The summed E-state index contributed by atoms with van der Waals surface area (Å²) in [4.78, 5) is 12.8. The molecule has 1 fully saturated rings. The maximum atomic E-state index is 11.9. The van der Waals surface area contributed by atoms with Gasteiger partial charge in [-0.2, -0.15) is 9.36 Å². The van der Waals surface area contributed by atoms with Crippen LogP contribution in [-0.2, 0) is 16.2 Å². The van der Waals surface area contributed by atoms with Crippen LogP contribution in [0.25, 0.3) is 5.69 Å². The maximum Gasteiger partial charge on any atom is 0.364 e. The Bertz CT molecular complexity index is 826. The average Bonchev–Trinajstić information content (AvgIpc) is 3.09. The molecule has 0 aliphatic carbocycles. The van der Waals surface area contributed by atoms with Gasteiger partial charge in [-0.1, -0.05) is 6.07 Å². The third-order valence-electron chi connectivity index (χ3n) is 4.43. The molecule has 25 heavy (non-hydrogen) atoms. The second-order valence-electron chi connectivity index (χ2n) is 6.50. The van der Waals surface area contributed by atoms with Crippen LogP contribution in [-0.4, -0.2) is 56.7 Å². The van der Waals surface area contributed by atoms with Crippen molar-refractivity contribution in [3.05, 3.63) is 34.1 Å². The van der Waals surface area contributed by atoms with Crippen molar-refractivity contribution in [1.29, 1.82) is 0 Å². The Balaban J connectivity index is 1.86. The van der Waals surface area contributed by atoms with Gasteiger partial charge in [-0.3, -0.25) is 0 Å². The average molecular weight is 364 g/mol. The molecule has 1 aromatic heterocycles. The minimum atomic E-state index is -0.539. The predicted molar refractivity (Wildman–Crippen MR) is 91.9 cm³/mol. The molecule has 0 radical (unpaired) electrons. The van der Waals surface area contributed by atoms with Crippen molar-refractivity contribution in [2.24, 2.45) is 0 Å². The first kappa shape index (κ1) is 17.7. The molecular formula is C16H22N5O3S+. The first-order chi connectivity index (χ1) is 11.9. The number of aliphatic hydroxyl groups excluding tert-OH is 1. The summed E-state index contributed by atoms with van der Waals surface area (Å²) in [5.41, 5.74) is 3.09. The van der Waals surface area contributed by atoms with E-state index >= 15 is 0 Å². The number of likely N-dealkylation sites (tertiary alicyclic amines) is 1. The van der Waals surface area contributed by atoms with Crippen molar-refractivity contribution in [3.63, 3.8) is 0 Å². The van der Waals surface area contributed by atoms with Crippen LogP contribution >= 0.6 is 12.2 Å². The summed E-state index contributed by atoms with van der Waals surface area (Å²) in [6.07, 6.45) is -0.164. The molecule has 0 spiro atoms. The summed E-state index contributed by atoms with van der Waals surface area (Å²) in [7, 11) is 1.35. The van der Waals surface area contributed by atoms with Gasteiger partial charge in [-0.15, -0.1) is 0 Å². The normalized spacial score (nSPS) is 23.0. The van der Waals surface area contributed by atoms with Crippen LogP contribution in [0, 0.1) is 18.6 Å². The van der Waals surface area contributed by atoms with E-state index in [-0.39, 0.29) is 5.97 Å². The molecule has 1 unspecified atom stereocenters. The lowest BCUT2D eigenvalue weighted by Gasteiger charge is -2.18. The highest BCUT2D eigenvalue weighted by Crippen LogP contribution is 2.13. The molecule has 0 saturated carbocycles. The molecule has 1 saturated heterocycles. The zero-order valence-corrected chi connectivity index (χ0v) is 15.3. The predicted octanol–water partition coefficient (Wildman–Crippen LogP) is -0.436. The zero-order valence-electron chi connectivity index (χ0n) is 14.5. The molecule has 1 aromatic carbocycles. The molecule has 0 bridgehead atoms. The zero-order chi connectivity index (χ0) is 18.1. The SMILES string of the molecule is COC(=O)[C@@H]1C[C@@H](O)C[NH+]1Cn1nnn(-c2cc(C)cc(C)c2)c1=S. The molecule has 9 heteroatoms. The summed E-state index contributed by atoms with van der Waals surface area (Å²) < 4.78 is 8.47. The van der Waals surface area contributed by atoms with Crippen LogP contribution in [0.15, 0.2) is 18.2 Å². The summed E-state index contributed by atoms with van der Waals surface area (Å²) in [5.74, 6) is -0.334. The summed E-state index contributed by atoms with van der Waals surface area (Å²) in [6, 6.07) is 5.64. The minimum Gasteiger partial charge on any atom is -0.465 e. The van der Waals surface area contributed by atoms with E-state index in [4.69, 9.17) is 17.0 Å². The van der Waals surface area contributed by atoms with Gasteiger partial charge in [-0.25, -0.2) is 4.79 Å². The Kier molecular flexibility index (Phi) is 4.98. The number of esters is 1. The second kappa shape index (κ2) is 7.03. The van der Waals surface area contributed by atoms with E-state index in [0.29, 0.717) is 24.4 Å². The van der Waals surface area contributed by atoms with Gasteiger partial charge in [0.1, 0.15) is 12.6 Å². The third kappa shape index (κ3) is 3.63. The molecule has 8 nitrogen and oxygen atoms in total. The van der Waals surface area contributed by atoms with Crippen molar-refractivity contribution in [1.82, 2.24) is 19.8 Å². The molecule has 2 N–H and O–H groups in total. The fraction of sp³-hybridized carbons (Fsp3) is 0.500. The number of benzene rings is 1. The van der Waals surface area contributed by atoms with Crippen molar-refractivity contribution in [2.45, 2.75) is 39.1 Å². The Morgan fingerprint density at radius 2 is 2.04 bits per heavy atom. The van der Waals surface area contributed by atoms with E-state index in [1.807, 2.05) is 26.0 Å². The standard InChI is InChI=1S/C16H21N5O3S/c1-10-4-11(2)6-12(5-10)21-16(25)20(17-18-21)9-19-8-13(22)7-14(19)15(23)24-3/h4-6,13-14,22H,7-9H2,1-3H3/p+1/t13-,14+/m1/s1. The van der Waals surface area contributed by atoms with E-state index < -0.39 is 12.1 Å². The van der Waals surface area contributed by atoms with Gasteiger partial charge in [0.15, 0.2) is 12.7 Å². The lowest BCUT2D eigenvalue weighted by molar-refractivity contribution is -0.928. The molecule has 0 amide bonds. The van der Waals surface area contributed by atoms with E-state index in [2.05, 4.69) is 16.5 Å². The number of carbonyl (C=O) groups excluding carboxylic acids is 1. The van der Waals surface area contributed by atoms with Crippen LogP contribution in [0.5, 0.6) is 0 Å². The Morgan fingerprint density at radius 1 is 1.36 bits per heavy atom. The van der Waals surface area contributed by atoms with E-state index in [1.165, 1.54) is 7.11 Å². The smallest absolute Gasteiger partial charge is 0.364 e. The van der Waals surface area contributed by atoms with Crippen LogP contribution < -0.4 is 4.90 Å². The van der Waals surface area contributed by atoms with Gasteiger partial charge >= 0.3 is 5.97 Å². The lowest BCUT2D eigenvalue weighted by atomic mass is 10.1. The van der Waals surface area contributed by atoms with Gasteiger partial charge in [-0.05, 0) is 59.8 Å². The van der Waals surface area contributed by atoms with Gasteiger partial charge in [0.05, 0.1) is 12.8 Å². The number of aryl methyl sites for hydroxylation is 2. The quantitative estimate of drug-likeness (QED) is 0.565. The van der Waals surface area contributed by atoms with E-state index in [0.717, 1.165) is 21.7 Å². The minimum absolute atomic E-state index is 0.334.